The molecule has 2 rings (SSSR count). The van der Waals surface area contributed by atoms with E-state index in [4.69, 9.17) is 0 Å². The van der Waals surface area contributed by atoms with Gasteiger partial charge in [0.05, 0.1) is 0 Å². The molecule has 1 N–H and O–H groups in total. The molecule has 1 saturated heterocycles. The predicted octanol–water partition coefficient (Wildman–Crippen LogP) is 1.87. The third kappa shape index (κ3) is 3.65. The molecule has 1 heterocycles. The van der Waals surface area contributed by atoms with Crippen molar-refractivity contribution in [3.8, 4) is 0 Å². The van der Waals surface area contributed by atoms with Gasteiger partial charge in [-0.2, -0.15) is 0 Å². The van der Waals surface area contributed by atoms with Gasteiger partial charge < -0.3 is 10.2 Å². The minimum Gasteiger partial charge on any atom is -0.311 e. The van der Waals surface area contributed by atoms with E-state index in [-0.39, 0.29) is 0 Å². The van der Waals surface area contributed by atoms with Crippen LogP contribution in [0.4, 0.5) is 0 Å². The zero-order chi connectivity index (χ0) is 10.3. The summed E-state index contributed by atoms with van der Waals surface area (Å²) >= 11 is 0. The van der Waals surface area contributed by atoms with E-state index in [0.29, 0.717) is 0 Å². The first-order valence-corrected chi connectivity index (χ1v) is 5.92. The number of rotatable bonds is 5. The summed E-state index contributed by atoms with van der Waals surface area (Å²) < 4.78 is 0. The summed E-state index contributed by atoms with van der Waals surface area (Å²) in [4.78, 5) is 2.54. The van der Waals surface area contributed by atoms with Crippen molar-refractivity contribution in [1.29, 1.82) is 0 Å². The van der Waals surface area contributed by atoms with Gasteiger partial charge in [-0.3, -0.25) is 0 Å². The minimum atomic E-state index is 0.995. The van der Waals surface area contributed by atoms with Crippen LogP contribution < -0.4 is 5.32 Å². The summed E-state index contributed by atoms with van der Waals surface area (Å²) in [6, 6.07) is 10.6. The standard InChI is InChI=1S/C13H20N2/c1-2-6-13(7-3-1)12-14-8-11-15-9-4-5-10-15/h1-3,6-7,14H,4-5,8-12H2. The van der Waals surface area contributed by atoms with Crippen LogP contribution in [0.1, 0.15) is 18.4 Å². The van der Waals surface area contributed by atoms with Gasteiger partial charge in [0, 0.05) is 19.6 Å². The van der Waals surface area contributed by atoms with Crippen LogP contribution >= 0.6 is 0 Å². The molecule has 2 heteroatoms. The van der Waals surface area contributed by atoms with Gasteiger partial charge in [-0.25, -0.2) is 0 Å². The largest absolute Gasteiger partial charge is 0.311 e. The fraction of sp³-hybridized carbons (Fsp3) is 0.538. The van der Waals surface area contributed by atoms with Crippen LogP contribution in [-0.2, 0) is 6.54 Å². The van der Waals surface area contributed by atoms with Crippen LogP contribution in [0, 0.1) is 0 Å². The number of hydrogen-bond acceptors (Lipinski definition) is 2. The highest BCUT2D eigenvalue weighted by molar-refractivity contribution is 5.14. The lowest BCUT2D eigenvalue weighted by atomic mass is 10.2. The predicted molar refractivity (Wildman–Crippen MR) is 63.8 cm³/mol. The molecule has 2 nitrogen and oxygen atoms in total. The highest BCUT2D eigenvalue weighted by atomic mass is 15.1. The second-order valence-corrected chi connectivity index (χ2v) is 4.21. The summed E-state index contributed by atoms with van der Waals surface area (Å²) in [5.74, 6) is 0. The Morgan fingerprint density at radius 1 is 1.07 bits per heavy atom. The normalized spacial score (nSPS) is 17.1. The lowest BCUT2D eigenvalue weighted by molar-refractivity contribution is 0.335. The second kappa shape index (κ2) is 5.89. The molecule has 1 aromatic rings. The Kier molecular flexibility index (Phi) is 4.18. The second-order valence-electron chi connectivity index (χ2n) is 4.21. The van der Waals surface area contributed by atoms with Crippen molar-refractivity contribution in [2.45, 2.75) is 19.4 Å². The molecular formula is C13H20N2. The molecule has 0 bridgehead atoms. The molecule has 15 heavy (non-hydrogen) atoms. The number of hydrogen-bond donors (Lipinski definition) is 1. The molecule has 0 unspecified atom stereocenters. The SMILES string of the molecule is c1ccc(CNCCN2CCCC2)cc1. The average molecular weight is 204 g/mol. The lowest BCUT2D eigenvalue weighted by Crippen LogP contribution is -2.29. The number of likely N-dealkylation sites (tertiary alicyclic amines) is 1. The summed E-state index contributed by atoms with van der Waals surface area (Å²) in [5.41, 5.74) is 1.37. The fourth-order valence-corrected chi connectivity index (χ4v) is 2.07. The Morgan fingerprint density at radius 2 is 1.80 bits per heavy atom. The van der Waals surface area contributed by atoms with Gasteiger partial charge in [0.1, 0.15) is 0 Å². The van der Waals surface area contributed by atoms with Crippen LogP contribution in [0.15, 0.2) is 30.3 Å². The average Bonchev–Trinajstić information content (AvgIpc) is 2.79. The maximum absolute atomic E-state index is 3.49. The molecule has 0 spiro atoms. The van der Waals surface area contributed by atoms with E-state index >= 15 is 0 Å². The van der Waals surface area contributed by atoms with Crippen molar-refractivity contribution >= 4 is 0 Å². The lowest BCUT2D eigenvalue weighted by Gasteiger charge is -2.14. The number of benzene rings is 1. The number of nitrogens with zero attached hydrogens (tertiary/aromatic N) is 1. The van der Waals surface area contributed by atoms with Gasteiger partial charge in [-0.05, 0) is 31.5 Å². The van der Waals surface area contributed by atoms with E-state index < -0.39 is 0 Å². The van der Waals surface area contributed by atoms with Crippen molar-refractivity contribution in [3.05, 3.63) is 35.9 Å². The van der Waals surface area contributed by atoms with E-state index in [1.807, 2.05) is 0 Å². The van der Waals surface area contributed by atoms with Crippen LogP contribution in [0.2, 0.25) is 0 Å². The third-order valence-electron chi connectivity index (χ3n) is 2.98. The smallest absolute Gasteiger partial charge is 0.0206 e. The Morgan fingerprint density at radius 3 is 2.53 bits per heavy atom. The Hall–Kier alpha value is -0.860. The summed E-state index contributed by atoms with van der Waals surface area (Å²) in [6.07, 6.45) is 2.78. The first-order valence-electron chi connectivity index (χ1n) is 5.92. The van der Waals surface area contributed by atoms with Crippen LogP contribution in [0.25, 0.3) is 0 Å². The van der Waals surface area contributed by atoms with E-state index in [2.05, 4.69) is 40.5 Å². The summed E-state index contributed by atoms with van der Waals surface area (Å²) in [7, 11) is 0. The first-order chi connectivity index (χ1) is 7.45. The highest BCUT2D eigenvalue weighted by Gasteiger charge is 2.09. The first kappa shape index (κ1) is 10.7. The van der Waals surface area contributed by atoms with Crippen molar-refractivity contribution in [2.75, 3.05) is 26.2 Å². The fourth-order valence-electron chi connectivity index (χ4n) is 2.07. The van der Waals surface area contributed by atoms with Gasteiger partial charge >= 0.3 is 0 Å². The molecule has 0 radical (unpaired) electrons. The van der Waals surface area contributed by atoms with Crippen molar-refractivity contribution in [2.24, 2.45) is 0 Å². The Balaban J connectivity index is 1.59. The summed E-state index contributed by atoms with van der Waals surface area (Å²) in [6.45, 7) is 5.90. The van der Waals surface area contributed by atoms with Crippen molar-refractivity contribution in [1.82, 2.24) is 10.2 Å². The molecule has 1 aliphatic heterocycles. The van der Waals surface area contributed by atoms with Crippen molar-refractivity contribution in [3.63, 3.8) is 0 Å². The van der Waals surface area contributed by atoms with E-state index in [0.717, 1.165) is 13.1 Å². The molecule has 1 aliphatic rings. The molecule has 0 aliphatic carbocycles. The summed E-state index contributed by atoms with van der Waals surface area (Å²) in [5, 5.41) is 3.49. The third-order valence-corrected chi connectivity index (χ3v) is 2.98. The zero-order valence-electron chi connectivity index (χ0n) is 9.28. The molecular weight excluding hydrogens is 184 g/mol. The van der Waals surface area contributed by atoms with E-state index in [9.17, 15) is 0 Å². The van der Waals surface area contributed by atoms with Crippen LogP contribution in [0.3, 0.4) is 0 Å². The molecule has 0 saturated carbocycles. The topological polar surface area (TPSA) is 15.3 Å². The maximum atomic E-state index is 3.49. The van der Waals surface area contributed by atoms with Gasteiger partial charge in [-0.1, -0.05) is 30.3 Å². The monoisotopic (exact) mass is 204 g/mol. The Bertz CT molecular complexity index is 265. The van der Waals surface area contributed by atoms with Crippen LogP contribution in [0.5, 0.6) is 0 Å². The van der Waals surface area contributed by atoms with E-state index in [1.54, 1.807) is 0 Å². The quantitative estimate of drug-likeness (QED) is 0.737. The van der Waals surface area contributed by atoms with Gasteiger partial charge in [-0.15, -0.1) is 0 Å². The molecule has 0 atom stereocenters. The molecule has 0 amide bonds. The number of nitrogens with one attached hydrogen (secondary N) is 1. The van der Waals surface area contributed by atoms with Crippen molar-refractivity contribution < 1.29 is 0 Å². The van der Waals surface area contributed by atoms with Gasteiger partial charge in [0.2, 0.25) is 0 Å². The minimum absolute atomic E-state index is 0.995. The van der Waals surface area contributed by atoms with Gasteiger partial charge in [0.15, 0.2) is 0 Å². The van der Waals surface area contributed by atoms with Crippen LogP contribution in [-0.4, -0.2) is 31.1 Å². The molecule has 82 valence electrons. The van der Waals surface area contributed by atoms with Gasteiger partial charge in [0.25, 0.3) is 0 Å². The maximum Gasteiger partial charge on any atom is 0.0206 e. The molecule has 1 aromatic carbocycles. The molecule has 1 fully saturated rings. The molecule has 0 aromatic heterocycles. The Labute approximate surface area is 92.3 Å². The highest BCUT2D eigenvalue weighted by Crippen LogP contribution is 2.05. The van der Waals surface area contributed by atoms with E-state index in [1.165, 1.54) is 38.0 Å². The zero-order valence-corrected chi connectivity index (χ0v) is 9.28.